The first-order chi connectivity index (χ1) is 18.6. The molecule has 0 unspecified atom stereocenters. The van der Waals surface area contributed by atoms with Crippen molar-refractivity contribution in [2.45, 2.75) is 13.1 Å². The Morgan fingerprint density at radius 1 is 0.711 bits per heavy atom. The zero-order valence-electron chi connectivity index (χ0n) is 21.4. The van der Waals surface area contributed by atoms with Gasteiger partial charge in [0.05, 0.1) is 0 Å². The molecule has 2 N–H and O–H groups in total. The second-order valence-corrected chi connectivity index (χ2v) is 9.53. The summed E-state index contributed by atoms with van der Waals surface area (Å²) in [7, 11) is 0. The first-order valence-corrected chi connectivity index (χ1v) is 12.9. The van der Waals surface area contributed by atoms with E-state index in [0.717, 1.165) is 30.0 Å². The first-order valence-electron chi connectivity index (χ1n) is 12.9. The number of rotatable bonds is 8. The van der Waals surface area contributed by atoms with E-state index in [2.05, 4.69) is 40.1 Å². The van der Waals surface area contributed by atoms with E-state index < -0.39 is 5.91 Å². The van der Waals surface area contributed by atoms with Gasteiger partial charge in [-0.3, -0.25) is 9.59 Å². The summed E-state index contributed by atoms with van der Waals surface area (Å²) in [6.07, 6.45) is 0. The normalized spacial score (nSPS) is 13.3. The minimum Gasteiger partial charge on any atom is -0.368 e. The molecule has 0 saturated carbocycles. The fourth-order valence-corrected chi connectivity index (χ4v) is 4.97. The highest BCUT2D eigenvalue weighted by Crippen LogP contribution is 2.26. The number of amides is 2. The number of nitrogens with two attached hydrogens (primary N) is 1. The summed E-state index contributed by atoms with van der Waals surface area (Å²) in [6, 6.07) is 35.8. The SMILES string of the molecule is NC(=O)c1ccc(N2CCN(C(=O)c3ccccc3)CC2)cc1CN(Cc1ccccc1)c1ccccc1. The van der Waals surface area contributed by atoms with Gasteiger partial charge in [-0.25, -0.2) is 0 Å². The zero-order chi connectivity index (χ0) is 26.3. The van der Waals surface area contributed by atoms with Crippen LogP contribution in [0.5, 0.6) is 0 Å². The standard InChI is InChI=1S/C32H32N4O2/c33-31(37)30-17-16-29(34-18-20-35(21-19-34)32(38)26-12-6-2-7-13-26)22-27(30)24-36(28-14-8-3-9-15-28)23-25-10-4-1-5-11-25/h1-17,22H,18-21,23-24H2,(H2,33,37). The number of carbonyl (C=O) groups is 2. The van der Waals surface area contributed by atoms with Crippen molar-refractivity contribution in [3.63, 3.8) is 0 Å². The van der Waals surface area contributed by atoms with Crippen LogP contribution in [0.1, 0.15) is 31.8 Å². The van der Waals surface area contributed by atoms with Gasteiger partial charge < -0.3 is 20.4 Å². The number of nitrogens with zero attached hydrogens (tertiary/aromatic N) is 3. The summed E-state index contributed by atoms with van der Waals surface area (Å²) in [5.41, 5.74) is 11.2. The lowest BCUT2D eigenvalue weighted by Crippen LogP contribution is -2.48. The van der Waals surface area contributed by atoms with Gasteiger partial charge in [0.25, 0.3) is 5.91 Å². The maximum Gasteiger partial charge on any atom is 0.253 e. The Morgan fingerprint density at radius 3 is 1.95 bits per heavy atom. The number of piperazine rings is 1. The van der Waals surface area contributed by atoms with Crippen molar-refractivity contribution >= 4 is 23.2 Å². The zero-order valence-corrected chi connectivity index (χ0v) is 21.4. The molecular weight excluding hydrogens is 472 g/mol. The van der Waals surface area contributed by atoms with Gasteiger partial charge in [-0.05, 0) is 53.6 Å². The topological polar surface area (TPSA) is 69.9 Å². The molecule has 1 saturated heterocycles. The number of carbonyl (C=O) groups excluding carboxylic acids is 2. The van der Waals surface area contributed by atoms with Gasteiger partial charge in [0.1, 0.15) is 0 Å². The number of anilines is 2. The lowest BCUT2D eigenvalue weighted by molar-refractivity contribution is 0.0746. The van der Waals surface area contributed by atoms with Crippen molar-refractivity contribution in [3.8, 4) is 0 Å². The summed E-state index contributed by atoms with van der Waals surface area (Å²) in [4.78, 5) is 31.7. The van der Waals surface area contributed by atoms with Crippen molar-refractivity contribution < 1.29 is 9.59 Å². The molecule has 0 radical (unpaired) electrons. The second-order valence-electron chi connectivity index (χ2n) is 9.53. The molecule has 4 aromatic carbocycles. The molecule has 1 fully saturated rings. The molecular formula is C32H32N4O2. The van der Waals surface area contributed by atoms with Gasteiger partial charge >= 0.3 is 0 Å². The van der Waals surface area contributed by atoms with Crippen LogP contribution in [0.25, 0.3) is 0 Å². The number of para-hydroxylation sites is 1. The van der Waals surface area contributed by atoms with E-state index in [1.807, 2.05) is 83.8 Å². The fraction of sp³-hybridized carbons (Fsp3) is 0.188. The highest BCUT2D eigenvalue weighted by atomic mass is 16.2. The Kier molecular flexibility index (Phi) is 7.69. The molecule has 0 aliphatic carbocycles. The van der Waals surface area contributed by atoms with E-state index in [0.29, 0.717) is 37.3 Å². The van der Waals surface area contributed by atoms with Crippen LogP contribution in [-0.4, -0.2) is 42.9 Å². The number of benzene rings is 4. The quantitative estimate of drug-likeness (QED) is 0.369. The summed E-state index contributed by atoms with van der Waals surface area (Å²) in [5, 5.41) is 0. The van der Waals surface area contributed by atoms with E-state index in [1.165, 1.54) is 5.56 Å². The predicted octanol–water partition coefficient (Wildman–Crippen LogP) is 4.95. The third-order valence-corrected chi connectivity index (χ3v) is 7.01. The molecule has 0 spiro atoms. The van der Waals surface area contributed by atoms with Gasteiger partial charge in [-0.15, -0.1) is 0 Å². The molecule has 0 bridgehead atoms. The Hall–Kier alpha value is -4.58. The van der Waals surface area contributed by atoms with Crippen LogP contribution in [0.3, 0.4) is 0 Å². The largest absolute Gasteiger partial charge is 0.368 e. The van der Waals surface area contributed by atoms with Gasteiger partial charge in [0.2, 0.25) is 5.91 Å². The Morgan fingerprint density at radius 2 is 1.32 bits per heavy atom. The monoisotopic (exact) mass is 504 g/mol. The van der Waals surface area contributed by atoms with Crippen LogP contribution in [0, 0.1) is 0 Å². The molecule has 5 rings (SSSR count). The molecule has 2 amide bonds. The third-order valence-electron chi connectivity index (χ3n) is 7.01. The lowest BCUT2D eigenvalue weighted by Gasteiger charge is -2.36. The maximum atomic E-state index is 12.9. The van der Waals surface area contributed by atoms with E-state index in [1.54, 1.807) is 0 Å². The van der Waals surface area contributed by atoms with Crippen LogP contribution >= 0.6 is 0 Å². The van der Waals surface area contributed by atoms with Gasteiger partial charge in [0, 0.05) is 61.8 Å². The molecule has 192 valence electrons. The van der Waals surface area contributed by atoms with Crippen LogP contribution in [-0.2, 0) is 13.1 Å². The minimum absolute atomic E-state index is 0.0643. The average Bonchev–Trinajstić information content (AvgIpc) is 2.98. The molecule has 0 aromatic heterocycles. The van der Waals surface area contributed by atoms with E-state index in [4.69, 9.17) is 5.73 Å². The highest BCUT2D eigenvalue weighted by molar-refractivity contribution is 5.95. The van der Waals surface area contributed by atoms with E-state index in [-0.39, 0.29) is 5.91 Å². The van der Waals surface area contributed by atoms with Gasteiger partial charge in [-0.2, -0.15) is 0 Å². The Bertz CT molecular complexity index is 1370. The lowest BCUT2D eigenvalue weighted by atomic mass is 10.0. The summed E-state index contributed by atoms with van der Waals surface area (Å²) in [6.45, 7) is 3.97. The van der Waals surface area contributed by atoms with Crippen molar-refractivity contribution in [2.75, 3.05) is 36.0 Å². The predicted molar refractivity (Wildman–Crippen MR) is 152 cm³/mol. The van der Waals surface area contributed by atoms with Gasteiger partial charge in [-0.1, -0.05) is 66.7 Å². The number of hydrogen-bond donors (Lipinski definition) is 1. The second kappa shape index (κ2) is 11.6. The summed E-state index contributed by atoms with van der Waals surface area (Å²) >= 11 is 0. The third kappa shape index (κ3) is 5.86. The molecule has 6 nitrogen and oxygen atoms in total. The molecule has 4 aromatic rings. The average molecular weight is 505 g/mol. The van der Waals surface area contributed by atoms with Crippen molar-refractivity contribution in [1.29, 1.82) is 0 Å². The van der Waals surface area contributed by atoms with Crippen molar-refractivity contribution in [3.05, 3.63) is 131 Å². The Labute approximate surface area is 223 Å². The molecule has 38 heavy (non-hydrogen) atoms. The molecule has 1 aliphatic rings. The summed E-state index contributed by atoms with van der Waals surface area (Å²) < 4.78 is 0. The molecule has 1 heterocycles. The van der Waals surface area contributed by atoms with E-state index >= 15 is 0 Å². The maximum absolute atomic E-state index is 12.9. The van der Waals surface area contributed by atoms with E-state index in [9.17, 15) is 9.59 Å². The number of hydrogen-bond acceptors (Lipinski definition) is 4. The summed E-state index contributed by atoms with van der Waals surface area (Å²) in [5.74, 6) is -0.369. The highest BCUT2D eigenvalue weighted by Gasteiger charge is 2.23. The molecule has 0 atom stereocenters. The number of primary amides is 1. The van der Waals surface area contributed by atoms with Gasteiger partial charge in [0.15, 0.2) is 0 Å². The minimum atomic E-state index is -0.433. The Balaban J connectivity index is 1.36. The van der Waals surface area contributed by atoms with Crippen molar-refractivity contribution in [1.82, 2.24) is 4.90 Å². The fourth-order valence-electron chi connectivity index (χ4n) is 4.97. The van der Waals surface area contributed by atoms with Crippen molar-refractivity contribution in [2.24, 2.45) is 5.73 Å². The van der Waals surface area contributed by atoms with Crippen LogP contribution in [0.15, 0.2) is 109 Å². The van der Waals surface area contributed by atoms with Crippen LogP contribution < -0.4 is 15.5 Å². The van der Waals surface area contributed by atoms with Crippen LogP contribution in [0.4, 0.5) is 11.4 Å². The first kappa shape index (κ1) is 25.1. The smallest absolute Gasteiger partial charge is 0.253 e. The molecule has 1 aliphatic heterocycles. The molecule has 6 heteroatoms. The van der Waals surface area contributed by atoms with Crippen LogP contribution in [0.2, 0.25) is 0 Å².